The Morgan fingerprint density at radius 3 is 2.43 bits per heavy atom. The molecule has 0 saturated heterocycles. The maximum Gasteiger partial charge on any atom is 0.0954 e. The van der Waals surface area contributed by atoms with Crippen molar-refractivity contribution in [2.75, 3.05) is 6.54 Å². The molecule has 0 spiro atoms. The van der Waals surface area contributed by atoms with E-state index in [9.17, 15) is 0 Å². The summed E-state index contributed by atoms with van der Waals surface area (Å²) in [6.07, 6.45) is 1.05. The van der Waals surface area contributed by atoms with E-state index in [1.54, 1.807) is 0 Å². The van der Waals surface area contributed by atoms with Gasteiger partial charge in [-0.05, 0) is 35.4 Å². The summed E-state index contributed by atoms with van der Waals surface area (Å²) in [6, 6.07) is 8.98. The van der Waals surface area contributed by atoms with E-state index in [4.69, 9.17) is 4.98 Å². The second-order valence-corrected chi connectivity index (χ2v) is 8.48. The van der Waals surface area contributed by atoms with E-state index in [0.29, 0.717) is 16.9 Å². The molecule has 0 amide bonds. The van der Waals surface area contributed by atoms with Crippen LogP contribution in [0.15, 0.2) is 24.3 Å². The van der Waals surface area contributed by atoms with Crippen molar-refractivity contribution in [3.8, 4) is 0 Å². The Bertz CT molecular complexity index is 594. The lowest BCUT2D eigenvalue weighted by Crippen LogP contribution is -2.35. The summed E-state index contributed by atoms with van der Waals surface area (Å²) in [5.74, 6) is 0.719. The zero-order valence-electron chi connectivity index (χ0n) is 13.7. The number of hydrogen-bond donors (Lipinski definition) is 1. The number of fused-ring (bicyclic) bond motifs is 1. The normalized spacial score (nSPS) is 21.6. The predicted molar refractivity (Wildman–Crippen MR) is 91.8 cm³/mol. The number of para-hydroxylation sites is 1. The number of likely N-dealkylation sites (N-methyl/N-ethyl adjacent to an activating group) is 1. The molecule has 1 aliphatic rings. The minimum Gasteiger partial charge on any atom is -0.314 e. The van der Waals surface area contributed by atoms with Gasteiger partial charge in [-0.15, -0.1) is 11.3 Å². The standard InChI is InChI=1S/C18H26N2S/c1-6-19-13(16-17(2,3)18(16,4)5)11-15-20-12-9-7-8-10-14(12)21-15/h7-10,13,16,19H,6,11H2,1-5H3. The molecule has 2 nitrogen and oxygen atoms in total. The van der Waals surface area contributed by atoms with Crippen LogP contribution in [-0.4, -0.2) is 17.6 Å². The molecule has 1 aromatic heterocycles. The summed E-state index contributed by atoms with van der Waals surface area (Å²) in [7, 11) is 0. The molecule has 1 heterocycles. The number of thiazole rings is 1. The van der Waals surface area contributed by atoms with Gasteiger partial charge >= 0.3 is 0 Å². The first-order valence-corrected chi connectivity index (χ1v) is 8.77. The molecule has 0 radical (unpaired) electrons. The lowest BCUT2D eigenvalue weighted by atomic mass is 10.0. The highest BCUT2D eigenvalue weighted by Crippen LogP contribution is 2.69. The number of aromatic nitrogens is 1. The summed E-state index contributed by atoms with van der Waals surface area (Å²) in [4.78, 5) is 4.82. The number of nitrogens with zero attached hydrogens (tertiary/aromatic N) is 1. The van der Waals surface area contributed by atoms with E-state index in [2.05, 4.69) is 64.2 Å². The summed E-state index contributed by atoms with van der Waals surface area (Å²) >= 11 is 1.85. The molecule has 114 valence electrons. The van der Waals surface area contributed by atoms with Crippen molar-refractivity contribution in [1.82, 2.24) is 10.3 Å². The molecule has 1 N–H and O–H groups in total. The Labute approximate surface area is 132 Å². The number of rotatable bonds is 5. The van der Waals surface area contributed by atoms with Gasteiger partial charge in [-0.3, -0.25) is 0 Å². The van der Waals surface area contributed by atoms with Gasteiger partial charge in [0, 0.05) is 12.5 Å². The van der Waals surface area contributed by atoms with Crippen molar-refractivity contribution in [3.05, 3.63) is 29.3 Å². The molecule has 1 unspecified atom stereocenters. The molecule has 3 rings (SSSR count). The van der Waals surface area contributed by atoms with Gasteiger partial charge in [0.1, 0.15) is 0 Å². The first-order valence-electron chi connectivity index (χ1n) is 7.95. The van der Waals surface area contributed by atoms with Crippen LogP contribution in [0.5, 0.6) is 0 Å². The Balaban J connectivity index is 1.83. The first-order chi connectivity index (χ1) is 9.88. The highest BCUT2D eigenvalue weighted by Gasteiger charge is 2.66. The Morgan fingerprint density at radius 1 is 1.19 bits per heavy atom. The number of benzene rings is 1. The fraction of sp³-hybridized carbons (Fsp3) is 0.611. The molecule has 0 bridgehead atoms. The molecule has 3 heteroatoms. The van der Waals surface area contributed by atoms with E-state index in [-0.39, 0.29) is 0 Å². The molecule has 1 atom stereocenters. The zero-order valence-corrected chi connectivity index (χ0v) is 14.6. The van der Waals surface area contributed by atoms with Crippen LogP contribution in [0.4, 0.5) is 0 Å². The van der Waals surface area contributed by atoms with Crippen LogP contribution in [0.3, 0.4) is 0 Å². The van der Waals surface area contributed by atoms with Crippen LogP contribution in [-0.2, 0) is 6.42 Å². The average molecular weight is 302 g/mol. The van der Waals surface area contributed by atoms with Gasteiger partial charge in [0.05, 0.1) is 15.2 Å². The largest absolute Gasteiger partial charge is 0.314 e. The maximum absolute atomic E-state index is 4.82. The molecule has 21 heavy (non-hydrogen) atoms. The van der Waals surface area contributed by atoms with E-state index >= 15 is 0 Å². The fourth-order valence-electron chi connectivity index (χ4n) is 4.02. The van der Waals surface area contributed by atoms with Crippen molar-refractivity contribution < 1.29 is 0 Å². The van der Waals surface area contributed by atoms with Crippen LogP contribution in [0, 0.1) is 16.7 Å². The third-order valence-corrected chi connectivity index (χ3v) is 6.79. The SMILES string of the molecule is CCNC(Cc1nc2ccccc2s1)C1C(C)(C)C1(C)C. The van der Waals surface area contributed by atoms with Crippen molar-refractivity contribution in [3.63, 3.8) is 0 Å². The van der Waals surface area contributed by atoms with Crippen LogP contribution in [0.2, 0.25) is 0 Å². The molecule has 1 fully saturated rings. The molecule has 1 aromatic carbocycles. The smallest absolute Gasteiger partial charge is 0.0954 e. The summed E-state index contributed by atoms with van der Waals surface area (Å²) < 4.78 is 1.30. The van der Waals surface area contributed by atoms with E-state index in [1.807, 2.05) is 11.3 Å². The quantitative estimate of drug-likeness (QED) is 0.879. The van der Waals surface area contributed by atoms with Gasteiger partial charge < -0.3 is 5.32 Å². The van der Waals surface area contributed by atoms with E-state index < -0.39 is 0 Å². The van der Waals surface area contributed by atoms with Gasteiger partial charge in [-0.2, -0.15) is 0 Å². The summed E-state index contributed by atoms with van der Waals surface area (Å²) in [6.45, 7) is 12.8. The van der Waals surface area contributed by atoms with Crippen LogP contribution in [0.1, 0.15) is 39.6 Å². The van der Waals surface area contributed by atoms with E-state index in [0.717, 1.165) is 24.4 Å². The molecule has 1 saturated carbocycles. The van der Waals surface area contributed by atoms with Crippen LogP contribution < -0.4 is 5.32 Å². The Hall–Kier alpha value is -0.930. The van der Waals surface area contributed by atoms with E-state index in [1.165, 1.54) is 9.71 Å². The molecule has 2 aromatic rings. The number of hydrogen-bond acceptors (Lipinski definition) is 3. The summed E-state index contributed by atoms with van der Waals surface area (Å²) in [5.41, 5.74) is 1.97. The lowest BCUT2D eigenvalue weighted by molar-refractivity contribution is 0.403. The van der Waals surface area contributed by atoms with Gasteiger partial charge in [-0.25, -0.2) is 4.98 Å². The van der Waals surface area contributed by atoms with Crippen molar-refractivity contribution >= 4 is 21.6 Å². The highest BCUT2D eigenvalue weighted by molar-refractivity contribution is 7.18. The predicted octanol–water partition coefficient (Wildman–Crippen LogP) is 4.50. The number of nitrogens with one attached hydrogen (secondary N) is 1. The van der Waals surface area contributed by atoms with Crippen molar-refractivity contribution in [2.45, 2.75) is 47.1 Å². The Kier molecular flexibility index (Phi) is 3.61. The minimum atomic E-state index is 0.413. The van der Waals surface area contributed by atoms with Crippen molar-refractivity contribution in [2.24, 2.45) is 16.7 Å². The zero-order chi connectivity index (χ0) is 15.3. The molecular weight excluding hydrogens is 276 g/mol. The average Bonchev–Trinajstić information content (AvgIpc) is 2.73. The van der Waals surface area contributed by atoms with Gasteiger partial charge in [0.2, 0.25) is 0 Å². The van der Waals surface area contributed by atoms with Gasteiger partial charge in [-0.1, -0.05) is 46.8 Å². The highest BCUT2D eigenvalue weighted by atomic mass is 32.1. The molecule has 1 aliphatic carbocycles. The minimum absolute atomic E-state index is 0.413. The second-order valence-electron chi connectivity index (χ2n) is 7.36. The third-order valence-electron chi connectivity index (χ3n) is 5.73. The monoisotopic (exact) mass is 302 g/mol. The topological polar surface area (TPSA) is 24.9 Å². The fourth-order valence-corrected chi connectivity index (χ4v) is 5.04. The lowest BCUT2D eigenvalue weighted by Gasteiger charge is -2.19. The van der Waals surface area contributed by atoms with Crippen molar-refractivity contribution in [1.29, 1.82) is 0 Å². The third kappa shape index (κ3) is 2.40. The summed E-state index contributed by atoms with van der Waals surface area (Å²) in [5, 5.41) is 4.98. The van der Waals surface area contributed by atoms with Gasteiger partial charge in [0.15, 0.2) is 0 Å². The maximum atomic E-state index is 4.82. The Morgan fingerprint density at radius 2 is 1.86 bits per heavy atom. The molecule has 0 aliphatic heterocycles. The second kappa shape index (κ2) is 5.06. The van der Waals surface area contributed by atoms with Crippen LogP contribution in [0.25, 0.3) is 10.2 Å². The molecular formula is C18H26N2S. The van der Waals surface area contributed by atoms with Gasteiger partial charge in [0.25, 0.3) is 0 Å². The van der Waals surface area contributed by atoms with Crippen LogP contribution >= 0.6 is 11.3 Å². The first kappa shape index (κ1) is 15.0.